The Morgan fingerprint density at radius 1 is 1.10 bits per heavy atom. The van der Waals surface area contributed by atoms with Crippen molar-refractivity contribution >= 4 is 22.1 Å². The first-order valence-corrected chi connectivity index (χ1v) is 16.1. The standard InChI is InChI=1S/C31H42F2N2O6S/c1-5-42(39,40)34-27-15-16-35(30(38)41-31(2,3)4)28(27)18-21-11-10-12-22(17-21)25-19-23(32)20-26(33)24(25)13-8-6-7-9-14-29(36)37/h10-12,17,19-20,27-28,34H,5-9,13-16,18H2,1-4H3,(H,36,37). The molecule has 11 heteroatoms. The number of halogens is 2. The van der Waals surface area contributed by atoms with Gasteiger partial charge in [0, 0.05) is 25.1 Å². The van der Waals surface area contributed by atoms with Crippen LogP contribution in [-0.2, 0) is 32.4 Å². The molecule has 2 atom stereocenters. The molecule has 1 fully saturated rings. The smallest absolute Gasteiger partial charge is 0.410 e. The van der Waals surface area contributed by atoms with Crippen molar-refractivity contribution in [3.05, 3.63) is 59.2 Å². The molecule has 2 aromatic rings. The largest absolute Gasteiger partial charge is 0.481 e. The lowest BCUT2D eigenvalue weighted by molar-refractivity contribution is -0.137. The van der Waals surface area contributed by atoms with E-state index in [-0.39, 0.29) is 12.2 Å². The molecule has 232 valence electrons. The van der Waals surface area contributed by atoms with Crippen molar-refractivity contribution in [1.82, 2.24) is 9.62 Å². The third-order valence-corrected chi connectivity index (χ3v) is 8.72. The van der Waals surface area contributed by atoms with Crippen LogP contribution >= 0.6 is 0 Å². The summed E-state index contributed by atoms with van der Waals surface area (Å²) in [6.07, 6.45) is 3.27. The number of carbonyl (C=O) groups excluding carboxylic acids is 1. The highest BCUT2D eigenvalue weighted by molar-refractivity contribution is 7.89. The van der Waals surface area contributed by atoms with Gasteiger partial charge in [-0.25, -0.2) is 26.7 Å². The zero-order valence-electron chi connectivity index (χ0n) is 24.8. The Hall–Kier alpha value is -3.05. The molecule has 8 nitrogen and oxygen atoms in total. The van der Waals surface area contributed by atoms with E-state index in [0.29, 0.717) is 61.8 Å². The lowest BCUT2D eigenvalue weighted by atomic mass is 9.92. The summed E-state index contributed by atoms with van der Waals surface area (Å²) < 4.78 is 62.6. The summed E-state index contributed by atoms with van der Waals surface area (Å²) in [4.78, 5) is 25.3. The van der Waals surface area contributed by atoms with Crippen LogP contribution in [0.2, 0.25) is 0 Å². The fourth-order valence-corrected chi connectivity index (χ4v) is 6.16. The van der Waals surface area contributed by atoms with Gasteiger partial charge in [-0.05, 0) is 88.1 Å². The number of benzene rings is 2. The van der Waals surface area contributed by atoms with E-state index in [2.05, 4.69) is 4.72 Å². The number of unbranched alkanes of at least 4 members (excludes halogenated alkanes) is 3. The molecule has 2 N–H and O–H groups in total. The predicted molar refractivity (Wildman–Crippen MR) is 158 cm³/mol. The van der Waals surface area contributed by atoms with Crippen LogP contribution in [0.1, 0.15) is 77.3 Å². The summed E-state index contributed by atoms with van der Waals surface area (Å²) in [5.41, 5.74) is 1.48. The van der Waals surface area contributed by atoms with Gasteiger partial charge in [-0.2, -0.15) is 0 Å². The van der Waals surface area contributed by atoms with E-state index in [1.165, 1.54) is 6.07 Å². The summed E-state index contributed by atoms with van der Waals surface area (Å²) in [6, 6.07) is 8.35. The van der Waals surface area contributed by atoms with Crippen LogP contribution in [0.4, 0.5) is 13.6 Å². The molecule has 2 unspecified atom stereocenters. The van der Waals surface area contributed by atoms with Gasteiger partial charge in [0.1, 0.15) is 17.2 Å². The number of amides is 1. The van der Waals surface area contributed by atoms with Crippen molar-refractivity contribution in [3.8, 4) is 11.1 Å². The quantitative estimate of drug-likeness (QED) is 0.267. The molecular formula is C31H42F2N2O6S. The molecule has 0 bridgehead atoms. The normalized spacial score (nSPS) is 17.4. The van der Waals surface area contributed by atoms with Gasteiger partial charge >= 0.3 is 12.1 Å². The highest BCUT2D eigenvalue weighted by Crippen LogP contribution is 2.31. The maximum absolute atomic E-state index is 15.0. The third-order valence-electron chi connectivity index (χ3n) is 7.30. The van der Waals surface area contributed by atoms with Gasteiger partial charge in [-0.15, -0.1) is 0 Å². The second kappa shape index (κ2) is 14.4. The molecule has 0 aromatic heterocycles. The maximum Gasteiger partial charge on any atom is 0.410 e. The van der Waals surface area contributed by atoms with Gasteiger partial charge in [-0.1, -0.05) is 37.1 Å². The Bertz CT molecular complexity index is 1360. The molecule has 1 heterocycles. The minimum Gasteiger partial charge on any atom is -0.481 e. The van der Waals surface area contributed by atoms with Crippen molar-refractivity contribution in [2.45, 2.75) is 96.7 Å². The number of sulfonamides is 1. The fraction of sp³-hybridized carbons (Fsp3) is 0.548. The second-order valence-electron chi connectivity index (χ2n) is 11.8. The number of hydrogen-bond acceptors (Lipinski definition) is 5. The topological polar surface area (TPSA) is 113 Å². The number of carbonyl (C=O) groups is 2. The van der Waals surface area contributed by atoms with Crippen molar-refractivity contribution in [2.75, 3.05) is 12.3 Å². The molecule has 0 saturated carbocycles. The average molecular weight is 609 g/mol. The minimum atomic E-state index is -3.54. The summed E-state index contributed by atoms with van der Waals surface area (Å²) in [6.45, 7) is 7.17. The molecule has 1 saturated heterocycles. The van der Waals surface area contributed by atoms with Gasteiger partial charge in [0.25, 0.3) is 0 Å². The minimum absolute atomic E-state index is 0.0917. The summed E-state index contributed by atoms with van der Waals surface area (Å²) >= 11 is 0. The van der Waals surface area contributed by atoms with Crippen molar-refractivity contribution in [2.24, 2.45) is 0 Å². The van der Waals surface area contributed by atoms with Crippen LogP contribution in [0.15, 0.2) is 36.4 Å². The average Bonchev–Trinajstić information content (AvgIpc) is 3.27. The highest BCUT2D eigenvalue weighted by atomic mass is 32.2. The molecule has 1 aliphatic heterocycles. The van der Waals surface area contributed by atoms with Crippen molar-refractivity contribution in [3.63, 3.8) is 0 Å². The molecule has 1 aliphatic rings. The zero-order valence-corrected chi connectivity index (χ0v) is 25.6. The molecule has 0 spiro atoms. The van der Waals surface area contributed by atoms with Crippen molar-refractivity contribution in [1.29, 1.82) is 0 Å². The van der Waals surface area contributed by atoms with Gasteiger partial charge in [0.15, 0.2) is 0 Å². The first-order chi connectivity index (χ1) is 19.7. The second-order valence-corrected chi connectivity index (χ2v) is 13.8. The Morgan fingerprint density at radius 3 is 2.48 bits per heavy atom. The van der Waals surface area contributed by atoms with E-state index in [1.807, 2.05) is 12.1 Å². The SMILES string of the molecule is CCS(=O)(=O)NC1CCN(C(=O)OC(C)(C)C)C1Cc1cccc(-c2cc(F)cc(F)c2CCCCCCC(=O)O)c1. The van der Waals surface area contributed by atoms with E-state index < -0.39 is 51.4 Å². The molecule has 0 radical (unpaired) electrons. The highest BCUT2D eigenvalue weighted by Gasteiger charge is 2.40. The van der Waals surface area contributed by atoms with E-state index in [1.54, 1.807) is 44.7 Å². The lowest BCUT2D eigenvalue weighted by Gasteiger charge is -2.31. The van der Waals surface area contributed by atoms with Gasteiger partial charge in [0.05, 0.1) is 11.8 Å². The molecule has 0 aliphatic carbocycles. The molecule has 1 amide bonds. The van der Waals surface area contributed by atoms with E-state index in [0.717, 1.165) is 18.1 Å². The number of aliphatic carboxylic acids is 1. The zero-order chi connectivity index (χ0) is 31.1. The molecule has 3 rings (SSSR count). The Kier molecular flexibility index (Phi) is 11.5. The monoisotopic (exact) mass is 608 g/mol. The molecule has 42 heavy (non-hydrogen) atoms. The first-order valence-electron chi connectivity index (χ1n) is 14.5. The predicted octanol–water partition coefficient (Wildman–Crippen LogP) is 6.07. The summed E-state index contributed by atoms with van der Waals surface area (Å²) in [5.74, 6) is -2.27. The fourth-order valence-electron chi connectivity index (χ4n) is 5.26. The van der Waals surface area contributed by atoms with E-state index in [9.17, 15) is 26.8 Å². The van der Waals surface area contributed by atoms with Gasteiger partial charge in [-0.3, -0.25) is 4.79 Å². The first kappa shape index (κ1) is 33.5. The molecular weight excluding hydrogens is 566 g/mol. The van der Waals surface area contributed by atoms with Crippen LogP contribution in [0.25, 0.3) is 11.1 Å². The number of rotatable bonds is 13. The number of carboxylic acids is 1. The Labute approximate surface area is 247 Å². The maximum atomic E-state index is 15.0. The van der Waals surface area contributed by atoms with Crippen LogP contribution in [0.5, 0.6) is 0 Å². The molecule has 2 aromatic carbocycles. The number of nitrogens with zero attached hydrogens (tertiary/aromatic N) is 1. The lowest BCUT2D eigenvalue weighted by Crippen LogP contribution is -2.49. The summed E-state index contributed by atoms with van der Waals surface area (Å²) in [7, 11) is -3.54. The Morgan fingerprint density at radius 2 is 1.81 bits per heavy atom. The number of nitrogens with one attached hydrogen (secondary N) is 1. The van der Waals surface area contributed by atoms with Crippen LogP contribution in [0, 0.1) is 11.6 Å². The van der Waals surface area contributed by atoms with Crippen LogP contribution in [-0.4, -0.2) is 60.5 Å². The summed E-state index contributed by atoms with van der Waals surface area (Å²) in [5, 5.41) is 8.81. The van der Waals surface area contributed by atoms with Gasteiger partial charge in [0.2, 0.25) is 10.0 Å². The number of hydrogen-bond donors (Lipinski definition) is 2. The number of likely N-dealkylation sites (tertiary alicyclic amines) is 1. The number of ether oxygens (including phenoxy) is 1. The van der Waals surface area contributed by atoms with Gasteiger partial charge < -0.3 is 14.7 Å². The van der Waals surface area contributed by atoms with Crippen LogP contribution in [0.3, 0.4) is 0 Å². The van der Waals surface area contributed by atoms with Crippen molar-refractivity contribution < 1.29 is 36.6 Å². The van der Waals surface area contributed by atoms with E-state index in [4.69, 9.17) is 9.84 Å². The third kappa shape index (κ3) is 9.76. The Balaban J connectivity index is 1.87. The number of carboxylic acid groups (broad SMARTS) is 1. The van der Waals surface area contributed by atoms with E-state index >= 15 is 0 Å². The van der Waals surface area contributed by atoms with Crippen LogP contribution < -0.4 is 4.72 Å².